The Hall–Kier alpha value is -3.29. The molecule has 0 bridgehead atoms. The highest BCUT2D eigenvalue weighted by molar-refractivity contribution is 6.39. The molecule has 360 valence electrons. The zero-order valence-electron chi connectivity index (χ0n) is 40.5. The fourth-order valence-electron chi connectivity index (χ4n) is 9.02. The number of Topliss-reactive ketones (excluding diaryl/α,β-unsaturated/α-hetero) is 3. The van der Waals surface area contributed by atoms with Crippen LogP contribution in [0.5, 0.6) is 0 Å². The summed E-state index contributed by atoms with van der Waals surface area (Å²) in [4.78, 5) is 64.5. The minimum Gasteiger partial charge on any atom is -0.480 e. The number of aliphatic hydroxyl groups is 3. The van der Waals surface area contributed by atoms with Gasteiger partial charge >= 0.3 is 5.97 Å². The van der Waals surface area contributed by atoms with Gasteiger partial charge in [0.15, 0.2) is 5.78 Å². The molecule has 0 aromatic carbocycles. The van der Waals surface area contributed by atoms with E-state index >= 15 is 0 Å². The van der Waals surface area contributed by atoms with Crippen LogP contribution in [0.15, 0.2) is 47.6 Å². The lowest BCUT2D eigenvalue weighted by Crippen LogP contribution is -2.57. The Kier molecular flexibility index (Phi) is 28.2. The highest BCUT2D eigenvalue weighted by Gasteiger charge is 2.47. The number of unbranched alkanes of at least 4 members (excludes halogenated alkanes) is 2. The lowest BCUT2D eigenvalue weighted by atomic mass is 9.80. The number of aliphatic carboxylic acids is 1. The Bertz CT molecular complexity index is 1530. The van der Waals surface area contributed by atoms with Gasteiger partial charge in [-0.05, 0) is 102 Å². The van der Waals surface area contributed by atoms with Gasteiger partial charge in [-0.25, -0.2) is 4.79 Å². The standard InChI is InChI=1S/C50H81NO10.CH4O/c1-34(20-13-11-15-22-40(7)50(58,59)47(54)48(55)51-28-17-16-25-43(51)49(56)57)19-12-10-14-21-35(2)29-39(6)46(53)45(61-9)32-37(4)30-38(5)44(52)27-26-36(3)31-41-23-18-24-42(33-41)60-8;1-2/h10,12,14,19,21,30,35-36,38-43,45,58-59H,11,13,15-18,20,22-29,31-33H2,1-9H3,(H,56,57);2H,1H3/b12-10+,21-14+,34-19+,37-30+;/t35-,36+,38-,39?,40-,41+,42+,43?,45?;/m1./s1. The van der Waals surface area contributed by atoms with Crippen LogP contribution in [0.4, 0.5) is 0 Å². The number of methoxy groups -OCH3 is 2. The summed E-state index contributed by atoms with van der Waals surface area (Å²) >= 11 is 0. The number of piperidine rings is 1. The minimum absolute atomic E-state index is 0.0736. The van der Waals surface area contributed by atoms with Crippen molar-refractivity contribution in [3.05, 3.63) is 47.6 Å². The summed E-state index contributed by atoms with van der Waals surface area (Å²) in [5.74, 6) is -6.15. The highest BCUT2D eigenvalue weighted by atomic mass is 16.5. The molecule has 63 heavy (non-hydrogen) atoms. The van der Waals surface area contributed by atoms with Crippen molar-refractivity contribution in [3.8, 4) is 0 Å². The van der Waals surface area contributed by atoms with E-state index in [2.05, 4.69) is 26.0 Å². The van der Waals surface area contributed by atoms with Gasteiger partial charge in [0.2, 0.25) is 5.79 Å². The van der Waals surface area contributed by atoms with E-state index in [0.29, 0.717) is 62.9 Å². The van der Waals surface area contributed by atoms with Crippen molar-refractivity contribution in [2.45, 2.75) is 182 Å². The highest BCUT2D eigenvalue weighted by Crippen LogP contribution is 2.32. The molecule has 12 heteroatoms. The molecule has 0 aromatic rings. The zero-order chi connectivity index (χ0) is 47.7. The molecule has 1 saturated heterocycles. The molecule has 1 aliphatic heterocycles. The van der Waals surface area contributed by atoms with Gasteiger partial charge in [-0.1, -0.05) is 108 Å². The number of rotatable bonds is 28. The monoisotopic (exact) mass is 888 g/mol. The van der Waals surface area contributed by atoms with Crippen LogP contribution in [0.25, 0.3) is 0 Å². The Morgan fingerprint density at radius 1 is 0.825 bits per heavy atom. The van der Waals surface area contributed by atoms with E-state index in [1.165, 1.54) is 25.3 Å². The largest absolute Gasteiger partial charge is 0.480 e. The SMILES string of the molecule is CO.COC(C/C(C)=C/[C@@H](C)C(=O)CC[C@H](C)C[C@@H]1CCC[C@H](OC)C1)C(=O)C(C)C[C@H](C)/C=C/C=C/C=C(\C)CCCCC[C@@H](C)C(O)(O)C(=O)C(=O)N1CCCCC1C(=O)O. The van der Waals surface area contributed by atoms with Crippen LogP contribution in [0.1, 0.15) is 158 Å². The summed E-state index contributed by atoms with van der Waals surface area (Å²) in [6.07, 6.45) is 25.4. The summed E-state index contributed by atoms with van der Waals surface area (Å²) in [5.41, 5.74) is 2.18. The zero-order valence-corrected chi connectivity index (χ0v) is 40.5. The van der Waals surface area contributed by atoms with Gasteiger partial charge in [-0.3, -0.25) is 19.2 Å². The Labute approximate surface area is 379 Å². The second-order valence-corrected chi connectivity index (χ2v) is 18.7. The summed E-state index contributed by atoms with van der Waals surface area (Å²) in [6.45, 7) is 13.9. The topological polar surface area (TPSA) is 188 Å². The van der Waals surface area contributed by atoms with E-state index in [-0.39, 0.29) is 42.3 Å². The summed E-state index contributed by atoms with van der Waals surface area (Å²) in [5, 5.41) is 37.6. The molecular formula is C51H85NO11. The lowest BCUT2D eigenvalue weighted by Gasteiger charge is -2.35. The second kappa shape index (κ2) is 30.8. The maximum absolute atomic E-state index is 13.4. The van der Waals surface area contributed by atoms with Crippen LogP contribution in [-0.4, -0.2) is 106 Å². The van der Waals surface area contributed by atoms with E-state index < -0.39 is 41.5 Å². The quantitative estimate of drug-likeness (QED) is 0.0193. The van der Waals surface area contributed by atoms with Crippen molar-refractivity contribution in [1.29, 1.82) is 0 Å². The van der Waals surface area contributed by atoms with Gasteiger partial charge in [-0.15, -0.1) is 0 Å². The van der Waals surface area contributed by atoms with Crippen LogP contribution in [0, 0.1) is 35.5 Å². The molecular weight excluding hydrogens is 803 g/mol. The summed E-state index contributed by atoms with van der Waals surface area (Å²) < 4.78 is 11.3. The normalized spacial score (nSPS) is 21.9. The Morgan fingerprint density at radius 3 is 2.17 bits per heavy atom. The number of ketones is 3. The van der Waals surface area contributed by atoms with Crippen LogP contribution in [0.2, 0.25) is 0 Å². The molecule has 12 nitrogen and oxygen atoms in total. The molecule has 3 unspecified atom stereocenters. The fraction of sp³-hybridized carbons (Fsp3) is 0.745. The van der Waals surface area contributed by atoms with Crippen molar-refractivity contribution in [1.82, 2.24) is 4.90 Å². The molecule has 1 amide bonds. The number of aliphatic hydroxyl groups excluding tert-OH is 1. The summed E-state index contributed by atoms with van der Waals surface area (Å²) in [6, 6.07) is -1.13. The lowest BCUT2D eigenvalue weighted by molar-refractivity contribution is -0.205. The molecule has 9 atom stereocenters. The minimum atomic E-state index is -2.86. The molecule has 0 spiro atoms. The molecule has 2 fully saturated rings. The van der Waals surface area contributed by atoms with E-state index in [1.54, 1.807) is 7.11 Å². The first-order chi connectivity index (χ1) is 29.8. The molecule has 4 N–H and O–H groups in total. The number of hydrogen-bond acceptors (Lipinski definition) is 10. The molecule has 0 radical (unpaired) electrons. The third-order valence-corrected chi connectivity index (χ3v) is 13.1. The number of ether oxygens (including phenoxy) is 2. The number of carbonyl (C=O) groups is 5. The first-order valence-corrected chi connectivity index (χ1v) is 23.6. The van der Waals surface area contributed by atoms with Gasteiger partial charge in [0.1, 0.15) is 17.9 Å². The maximum atomic E-state index is 13.4. The second-order valence-electron chi connectivity index (χ2n) is 18.7. The number of likely N-dealkylation sites (tertiary alicyclic amines) is 1. The number of carboxylic acid groups (broad SMARTS) is 1. The number of nitrogens with zero attached hydrogens (tertiary/aromatic N) is 1. The van der Waals surface area contributed by atoms with Crippen molar-refractivity contribution >= 4 is 29.2 Å². The smallest absolute Gasteiger partial charge is 0.326 e. The molecule has 0 aromatic heterocycles. The molecule has 1 aliphatic carbocycles. The van der Waals surface area contributed by atoms with E-state index in [0.717, 1.165) is 62.5 Å². The van der Waals surface area contributed by atoms with Crippen LogP contribution in [-0.2, 0) is 33.4 Å². The van der Waals surface area contributed by atoms with Crippen molar-refractivity contribution in [2.75, 3.05) is 27.9 Å². The molecule has 1 heterocycles. The maximum Gasteiger partial charge on any atom is 0.326 e. The van der Waals surface area contributed by atoms with Gasteiger partial charge in [0.25, 0.3) is 11.7 Å². The van der Waals surface area contributed by atoms with Gasteiger partial charge in [0, 0.05) is 58.5 Å². The first kappa shape index (κ1) is 57.7. The van der Waals surface area contributed by atoms with Gasteiger partial charge in [0.05, 0.1) is 6.10 Å². The number of allylic oxidation sites excluding steroid dienone is 7. The average Bonchev–Trinajstić information content (AvgIpc) is 3.26. The molecule has 2 rings (SSSR count). The first-order valence-electron chi connectivity index (χ1n) is 23.6. The van der Waals surface area contributed by atoms with Gasteiger partial charge in [-0.2, -0.15) is 0 Å². The van der Waals surface area contributed by atoms with Crippen molar-refractivity contribution in [2.24, 2.45) is 35.5 Å². The molecule has 1 saturated carbocycles. The number of hydrogen-bond donors (Lipinski definition) is 4. The van der Waals surface area contributed by atoms with E-state index in [1.807, 2.05) is 59.1 Å². The van der Waals surface area contributed by atoms with Gasteiger partial charge < -0.3 is 34.8 Å². The Balaban J connectivity index is 0.00000977. The predicted molar refractivity (Wildman–Crippen MR) is 249 cm³/mol. The Morgan fingerprint density at radius 2 is 1.52 bits per heavy atom. The van der Waals surface area contributed by atoms with Crippen LogP contribution >= 0.6 is 0 Å². The fourth-order valence-corrected chi connectivity index (χ4v) is 9.02. The average molecular weight is 888 g/mol. The number of carboxylic acids is 1. The van der Waals surface area contributed by atoms with Crippen molar-refractivity contribution in [3.63, 3.8) is 0 Å². The van der Waals surface area contributed by atoms with Crippen molar-refractivity contribution < 1.29 is 53.9 Å². The van der Waals surface area contributed by atoms with E-state index in [9.17, 15) is 39.3 Å². The van der Waals surface area contributed by atoms with Crippen LogP contribution < -0.4 is 0 Å². The number of amides is 1. The molecule has 2 aliphatic rings. The van der Waals surface area contributed by atoms with Crippen LogP contribution in [0.3, 0.4) is 0 Å². The summed E-state index contributed by atoms with van der Waals surface area (Å²) in [7, 11) is 4.39. The van der Waals surface area contributed by atoms with E-state index in [4.69, 9.17) is 14.6 Å². The third-order valence-electron chi connectivity index (χ3n) is 13.1. The predicted octanol–water partition coefficient (Wildman–Crippen LogP) is 8.76. The number of carbonyl (C=O) groups excluding carboxylic acids is 4. The third kappa shape index (κ3) is 21.0.